The van der Waals surface area contributed by atoms with Gasteiger partial charge in [-0.25, -0.2) is 25.3 Å². The van der Waals surface area contributed by atoms with E-state index in [0.717, 1.165) is 18.3 Å². The number of esters is 2. The molecule has 4 aliphatic carbocycles. The first-order chi connectivity index (χ1) is 42.1. The van der Waals surface area contributed by atoms with Crippen molar-refractivity contribution in [3.8, 4) is 0 Å². The third-order valence-corrected chi connectivity index (χ3v) is 22.3. The molecule has 9 aliphatic rings. The number of cyclic esters (lactones) is 1. The Kier molecular flexibility index (Phi) is 21.3. The Balaban J connectivity index is 0.927. The van der Waals surface area contributed by atoms with Crippen molar-refractivity contribution in [3.63, 3.8) is 0 Å². The van der Waals surface area contributed by atoms with E-state index in [-0.39, 0.29) is 17.8 Å². The molecule has 91 heavy (non-hydrogen) atoms. The summed E-state index contributed by atoms with van der Waals surface area (Å²) in [6.45, 7) is 13.8. The predicted molar refractivity (Wildman–Crippen MR) is 297 cm³/mol. The molecule has 0 aromatic rings. The minimum atomic E-state index is -5.51. The van der Waals surface area contributed by atoms with Crippen LogP contribution in [0, 0.1) is 39.4 Å². The van der Waals surface area contributed by atoms with Crippen LogP contribution in [0.25, 0.3) is 0 Å². The number of carbonyl (C=O) groups excluding carboxylic acids is 2. The van der Waals surface area contributed by atoms with Gasteiger partial charge in [0.25, 0.3) is 0 Å². The Bertz CT molecular complexity index is 3050. The van der Waals surface area contributed by atoms with Gasteiger partial charge < -0.3 is 102 Å². The predicted octanol–water partition coefficient (Wildman–Crippen LogP) is -1.39. The average molecular weight is 1370 g/mol. The maximum Gasteiger partial charge on any atom is 0.314 e. The molecule has 3 saturated carbocycles. The van der Waals surface area contributed by atoms with Crippen LogP contribution in [0.5, 0.6) is 0 Å². The van der Waals surface area contributed by atoms with E-state index in [1.54, 1.807) is 0 Å². The van der Waals surface area contributed by atoms with Gasteiger partial charge >= 0.3 is 11.9 Å². The molecule has 5 heterocycles. The molecule has 5 aliphatic heterocycles. The van der Waals surface area contributed by atoms with Crippen molar-refractivity contribution in [1.82, 2.24) is 0 Å². The molecule has 0 aromatic heterocycles. The second-order valence-electron chi connectivity index (χ2n) is 27.0. The highest BCUT2D eigenvalue weighted by Gasteiger charge is 2.79. The van der Waals surface area contributed by atoms with E-state index in [9.17, 15) is 84.2 Å². The number of fused-ring (bicyclic) bond motifs is 4. The number of hydrogen-bond donors (Lipinski definition) is 7. The number of allylic oxidation sites excluding steroid dienone is 4. The lowest BCUT2D eigenvalue weighted by atomic mass is 9.41. The van der Waals surface area contributed by atoms with Gasteiger partial charge in [-0.2, -0.15) is 0 Å². The molecule has 9 rings (SSSR count). The van der Waals surface area contributed by atoms with E-state index in [0.29, 0.717) is 51.4 Å². The third-order valence-electron chi connectivity index (χ3n) is 20.9. The highest BCUT2D eigenvalue weighted by molar-refractivity contribution is 7.81. The van der Waals surface area contributed by atoms with Crippen LogP contribution in [-0.4, -0.2) is 248 Å². The summed E-state index contributed by atoms with van der Waals surface area (Å²) in [5.41, 5.74) is -1.46. The van der Waals surface area contributed by atoms with Crippen LogP contribution in [0.1, 0.15) is 114 Å². The summed E-state index contributed by atoms with van der Waals surface area (Å²) in [4.78, 5) is 27.5. The molecule has 0 radical (unpaired) electrons. The molecule has 522 valence electrons. The largest absolute Gasteiger partial charge is 0.726 e. The summed E-state index contributed by atoms with van der Waals surface area (Å²) in [7, 11) is -15.4. The number of aliphatic hydroxyl groups is 7. The molecule has 0 aromatic carbocycles. The summed E-state index contributed by atoms with van der Waals surface area (Å²) in [6, 6.07) is 0. The second-order valence-corrected chi connectivity index (χ2v) is 30.2. The van der Waals surface area contributed by atoms with Gasteiger partial charge in [-0.15, -0.1) is 0 Å². The van der Waals surface area contributed by atoms with Gasteiger partial charge in [0.2, 0.25) is 31.2 Å². The SMILES string of the molecule is CO[C@@H]1[C@@H](O)[C@H](O[C@@H]2[C@@H](O)[C@H](O[C@H]3[C@H](O)[C@@H](O)[C@H](O[C@H]4[C@H](O[C@H]5CC[C@]6(C)[C@@H]7CC[C@]89C(=O)O[C@@](C)(CCC=C(C)C)[C@H]8[C@@H](OC(C)=O)C[C@@]9(C)C7=CC[C@H]6C5(C)C)OC[C@@H](OS(=O)(=O)[O-])[C@@H]4O)O[C@@H]3C)O[C@H](COS(=O)(=O)[O-])[C@H]2O)O[C@H](COS(=O)(=O)[O-])[C@H]1O. The zero-order valence-electron chi connectivity index (χ0n) is 51.9. The van der Waals surface area contributed by atoms with Gasteiger partial charge in [0.15, 0.2) is 25.2 Å². The van der Waals surface area contributed by atoms with Gasteiger partial charge in [0, 0.05) is 19.4 Å². The molecule has 8 fully saturated rings. The van der Waals surface area contributed by atoms with E-state index in [1.807, 2.05) is 34.6 Å². The lowest BCUT2D eigenvalue weighted by Gasteiger charge is -2.64. The fourth-order valence-electron chi connectivity index (χ4n) is 16.8. The fraction of sp³-hybridized carbons (Fsp3) is 0.893. The van der Waals surface area contributed by atoms with Crippen molar-refractivity contribution >= 4 is 43.1 Å². The van der Waals surface area contributed by atoms with Gasteiger partial charge in [-0.1, -0.05) is 51.0 Å². The topological polar surface area (TPSA) is 477 Å². The van der Waals surface area contributed by atoms with Crippen molar-refractivity contribution in [2.75, 3.05) is 26.9 Å². The van der Waals surface area contributed by atoms with Gasteiger partial charge in [0.05, 0.1) is 43.4 Å². The minimum absolute atomic E-state index is 0.0271. The molecule has 7 N–H and O–H groups in total. The van der Waals surface area contributed by atoms with E-state index in [2.05, 4.69) is 38.5 Å². The van der Waals surface area contributed by atoms with Crippen molar-refractivity contribution in [3.05, 3.63) is 23.3 Å². The van der Waals surface area contributed by atoms with Gasteiger partial charge in [-0.3, -0.25) is 22.1 Å². The normalized spacial score (nSPS) is 46.6. The second kappa shape index (κ2) is 26.7. The maximum absolute atomic E-state index is 14.7. The quantitative estimate of drug-likeness (QED) is 0.0301. The van der Waals surface area contributed by atoms with Gasteiger partial charge in [-0.05, 0) is 102 Å². The number of hydrogen-bond acceptors (Lipinski definition) is 32. The Morgan fingerprint density at radius 1 is 0.681 bits per heavy atom. The Labute approximate surface area is 527 Å². The average Bonchev–Trinajstić information content (AvgIpc) is 1.52. The lowest BCUT2D eigenvalue weighted by Crippen LogP contribution is -2.67. The number of methoxy groups -OCH3 is 1. The number of carbonyl (C=O) groups is 2. The van der Waals surface area contributed by atoms with Crippen LogP contribution in [-0.2, 0) is 105 Å². The molecule has 32 nitrogen and oxygen atoms in total. The summed E-state index contributed by atoms with van der Waals surface area (Å²) >= 11 is 0. The first-order valence-electron chi connectivity index (χ1n) is 30.2. The molecule has 0 amide bonds. The zero-order chi connectivity index (χ0) is 67.3. The smallest absolute Gasteiger partial charge is 0.314 e. The van der Waals surface area contributed by atoms with E-state index < -0.39 is 219 Å². The van der Waals surface area contributed by atoms with Gasteiger partial charge in [0.1, 0.15) is 97.2 Å². The molecule has 1 spiro atoms. The highest BCUT2D eigenvalue weighted by Crippen LogP contribution is 2.77. The van der Waals surface area contributed by atoms with E-state index >= 15 is 0 Å². The Hall–Kier alpha value is -2.61. The molecular weight excluding hydrogens is 1280 g/mol. The van der Waals surface area contributed by atoms with Crippen LogP contribution in [0.2, 0.25) is 0 Å². The van der Waals surface area contributed by atoms with Crippen molar-refractivity contribution in [2.24, 2.45) is 39.4 Å². The maximum atomic E-state index is 14.7. The Morgan fingerprint density at radius 2 is 1.25 bits per heavy atom. The summed E-state index contributed by atoms with van der Waals surface area (Å²) in [5.74, 6) is -1.25. The van der Waals surface area contributed by atoms with Crippen LogP contribution in [0.3, 0.4) is 0 Å². The standard InChI is InChI=1S/C56H88O32S3/c1-24(2)12-11-17-55(9)46-29(80-26(4)57)20-54(8)28-13-14-33-52(5,6)34(16-18-53(33,7)27(28)15-19-56(46,54)51(65)87-55)83-50-45(37(60)32(21-76-50)88-91(72,73)74)86-47-39(62)38(61)42(25(3)79-47)84-49-41(64)44(36(59)31(82-49)23-78-90(69,70)71)85-48-40(63)43(75-10)35(58)30(81-48)22-77-89(66,67)68/h12-13,25,27,29-50,58-64H,11,14-23H2,1-10H3,(H,66,67,68)(H,69,70,71)(H,72,73,74)/p-3/t25-,27-,29+,30-,31-,32-,33+,34+,35-,36-,37+,38-,39-,40-,41-,42-,43+,44+,45-,46-,47+,48+,49+,50+,53-,54+,55+,56-/m1/s1. The van der Waals surface area contributed by atoms with Crippen molar-refractivity contribution in [2.45, 2.75) is 248 Å². The first kappa shape index (κ1) is 72.7. The van der Waals surface area contributed by atoms with Crippen molar-refractivity contribution in [1.29, 1.82) is 0 Å². The number of aliphatic hydroxyl groups excluding tert-OH is 7. The molecular formula is C56H85O32S3-3. The highest BCUT2D eigenvalue weighted by atomic mass is 32.3. The van der Waals surface area contributed by atoms with E-state index in [4.69, 9.17) is 52.1 Å². The van der Waals surface area contributed by atoms with Crippen LogP contribution in [0.4, 0.5) is 0 Å². The molecule has 0 unspecified atom stereocenters. The van der Waals surface area contributed by atoms with E-state index in [1.165, 1.54) is 13.8 Å². The molecule has 28 atom stereocenters. The summed E-state index contributed by atoms with van der Waals surface area (Å²) in [5, 5.41) is 80.2. The summed E-state index contributed by atoms with van der Waals surface area (Å²) < 4.78 is 183. The molecule has 35 heteroatoms. The zero-order valence-corrected chi connectivity index (χ0v) is 54.3. The minimum Gasteiger partial charge on any atom is -0.726 e. The van der Waals surface area contributed by atoms with Crippen molar-refractivity contribution < 1.29 is 149 Å². The van der Waals surface area contributed by atoms with Crippen LogP contribution < -0.4 is 0 Å². The number of rotatable bonds is 21. The monoisotopic (exact) mass is 1370 g/mol. The first-order valence-corrected chi connectivity index (χ1v) is 34.2. The lowest BCUT2D eigenvalue weighted by molar-refractivity contribution is -0.389. The van der Waals surface area contributed by atoms with Crippen LogP contribution >= 0.6 is 0 Å². The fourth-order valence-corrected chi connectivity index (χ4v) is 17.9. The van der Waals surface area contributed by atoms with Crippen LogP contribution in [0.15, 0.2) is 23.3 Å². The Morgan fingerprint density at radius 3 is 1.82 bits per heavy atom. The molecule has 0 bridgehead atoms. The summed E-state index contributed by atoms with van der Waals surface area (Å²) in [6.07, 6.45) is -30.1. The number of ether oxygens (including phenoxy) is 11. The molecule has 5 saturated heterocycles. The third kappa shape index (κ3) is 14.1.